The smallest absolute Gasteiger partial charge is 0.208 e. The lowest BCUT2D eigenvalue weighted by Gasteiger charge is -2.45. The lowest BCUT2D eigenvalue weighted by molar-refractivity contribution is 0.0695. The van der Waals surface area contributed by atoms with Crippen LogP contribution in [0.15, 0.2) is 36.1 Å². The molecule has 0 bridgehead atoms. The van der Waals surface area contributed by atoms with Crippen LogP contribution in [0.1, 0.15) is 92.4 Å². The molecule has 0 radical (unpaired) electrons. The third kappa shape index (κ3) is 6.26. The Hall–Kier alpha value is -2.57. The molecule has 0 unspecified atom stereocenters. The summed E-state index contributed by atoms with van der Waals surface area (Å²) in [7, 11) is -2.15. The molecule has 2 aromatic heterocycles. The predicted molar refractivity (Wildman–Crippen MR) is 171 cm³/mol. The number of aliphatic hydroxyl groups is 1. The molecule has 5 rings (SSSR count). The summed E-state index contributed by atoms with van der Waals surface area (Å²) in [6.45, 7) is 14.0. The van der Waals surface area contributed by atoms with Crippen molar-refractivity contribution >= 4 is 31.3 Å². The largest absolute Gasteiger partial charge is 0.413 e. The van der Waals surface area contributed by atoms with Crippen molar-refractivity contribution in [3.63, 3.8) is 0 Å². The normalized spacial score (nSPS) is 22.2. The van der Waals surface area contributed by atoms with E-state index >= 15 is 0 Å². The second-order valence-corrected chi connectivity index (χ2v) is 19.4. The van der Waals surface area contributed by atoms with Gasteiger partial charge >= 0.3 is 0 Å². The van der Waals surface area contributed by atoms with E-state index in [4.69, 9.17) is 9.16 Å². The molecule has 4 atom stereocenters. The molecule has 0 spiro atoms. The minimum absolute atomic E-state index is 0.00634. The molecule has 0 amide bonds. The number of hydrogen-bond acceptors (Lipinski definition) is 8. The molecule has 11 heteroatoms. The van der Waals surface area contributed by atoms with Crippen LogP contribution in [0.3, 0.4) is 0 Å². The molecule has 238 valence electrons. The fourth-order valence-electron chi connectivity index (χ4n) is 7.47. The van der Waals surface area contributed by atoms with E-state index in [0.29, 0.717) is 75.4 Å². The zero-order chi connectivity index (χ0) is 31.8. The predicted octanol–water partition coefficient (Wildman–Crippen LogP) is 7.45. The standard InChI is InChI=1S/C33H43F2N3O4SSi/c1-18(2)44(19(3)4,20(5)6)42-29-12-24(9-22(29)15-39)38-33-26(14-36-17-37-33)31(40)30-11-23(16-43-30)32-25-13-28(35)27(34)10-21(25)7-8-41-32/h10-11,13-14,16-20,22,24,29,32,39H,7-9,12,15H2,1-6H3,(H,36,37,38)/t22-,24-,29+,32-/m1/s1. The third-order valence-electron chi connectivity index (χ3n) is 9.49. The van der Waals surface area contributed by atoms with Crippen molar-refractivity contribution in [3.8, 4) is 0 Å². The van der Waals surface area contributed by atoms with Gasteiger partial charge in [-0.15, -0.1) is 11.3 Å². The Labute approximate surface area is 263 Å². The molecular weight excluding hydrogens is 601 g/mol. The lowest BCUT2D eigenvalue weighted by atomic mass is 9.93. The molecule has 0 saturated heterocycles. The summed E-state index contributed by atoms with van der Waals surface area (Å²) in [5.74, 6) is -1.59. The number of ether oxygens (including phenoxy) is 1. The van der Waals surface area contributed by atoms with Crippen molar-refractivity contribution in [2.45, 2.75) is 95.7 Å². The first-order valence-corrected chi connectivity index (χ1v) is 18.6. The highest BCUT2D eigenvalue weighted by Crippen LogP contribution is 2.46. The number of anilines is 1. The Morgan fingerprint density at radius 3 is 2.50 bits per heavy atom. The second kappa shape index (κ2) is 13.4. The summed E-state index contributed by atoms with van der Waals surface area (Å²) in [5.41, 5.74) is 3.64. The van der Waals surface area contributed by atoms with Gasteiger partial charge in [0.1, 0.15) is 18.2 Å². The highest BCUT2D eigenvalue weighted by Gasteiger charge is 2.49. The molecule has 1 saturated carbocycles. The van der Waals surface area contributed by atoms with E-state index in [0.717, 1.165) is 0 Å². The number of rotatable bonds is 11. The summed E-state index contributed by atoms with van der Waals surface area (Å²) in [6, 6.07) is 4.14. The number of nitrogens with one attached hydrogen (secondary N) is 1. The highest BCUT2D eigenvalue weighted by molar-refractivity contribution is 7.12. The van der Waals surface area contributed by atoms with Crippen molar-refractivity contribution in [3.05, 3.63) is 74.9 Å². The Morgan fingerprint density at radius 1 is 1.11 bits per heavy atom. The molecule has 3 aromatic rings. The maximum atomic E-state index is 14.1. The second-order valence-electron chi connectivity index (χ2n) is 13.1. The fraction of sp³-hybridized carbons (Fsp3) is 0.545. The van der Waals surface area contributed by atoms with Crippen LogP contribution < -0.4 is 5.32 Å². The van der Waals surface area contributed by atoms with Gasteiger partial charge in [0.25, 0.3) is 0 Å². The van der Waals surface area contributed by atoms with E-state index in [9.17, 15) is 18.7 Å². The Morgan fingerprint density at radius 2 is 1.82 bits per heavy atom. The summed E-state index contributed by atoms with van der Waals surface area (Å²) in [6.07, 6.45) is 4.19. The van der Waals surface area contributed by atoms with Crippen LogP contribution in [-0.2, 0) is 15.6 Å². The molecule has 3 heterocycles. The van der Waals surface area contributed by atoms with Crippen LogP contribution in [0.4, 0.5) is 14.6 Å². The van der Waals surface area contributed by atoms with Crippen LogP contribution in [0, 0.1) is 17.6 Å². The van der Waals surface area contributed by atoms with Crippen LogP contribution in [0.5, 0.6) is 0 Å². The zero-order valence-corrected chi connectivity index (χ0v) is 28.1. The monoisotopic (exact) mass is 643 g/mol. The molecule has 7 nitrogen and oxygen atoms in total. The number of hydrogen-bond donors (Lipinski definition) is 2. The lowest BCUT2D eigenvalue weighted by Crippen LogP contribution is -2.51. The Kier molecular flexibility index (Phi) is 10.0. The van der Waals surface area contributed by atoms with Crippen molar-refractivity contribution in [1.82, 2.24) is 9.97 Å². The van der Waals surface area contributed by atoms with Gasteiger partial charge in [0, 0.05) is 24.8 Å². The van der Waals surface area contributed by atoms with Gasteiger partial charge in [0.2, 0.25) is 14.1 Å². The minimum atomic E-state index is -2.15. The molecule has 1 fully saturated rings. The van der Waals surface area contributed by atoms with E-state index < -0.39 is 26.1 Å². The molecule has 1 aliphatic carbocycles. The SMILES string of the molecule is CC(C)[Si](O[C@H]1C[C@H](Nc2ncncc2C(=O)c2cc([C@H]3OCCc4cc(F)c(F)cc43)cs2)C[C@@H]1CO)(C(C)C)C(C)C. The van der Waals surface area contributed by atoms with Crippen LogP contribution in [0.2, 0.25) is 16.6 Å². The first kappa shape index (κ1) is 32.8. The quantitative estimate of drug-likeness (QED) is 0.166. The van der Waals surface area contributed by atoms with E-state index in [1.807, 2.05) is 5.38 Å². The number of carbonyl (C=O) groups is 1. The van der Waals surface area contributed by atoms with Gasteiger partial charge in [0.05, 0.1) is 23.2 Å². The number of aliphatic hydroxyl groups excluding tert-OH is 1. The van der Waals surface area contributed by atoms with Gasteiger partial charge < -0.3 is 19.6 Å². The molecule has 2 aliphatic rings. The van der Waals surface area contributed by atoms with Gasteiger partial charge in [-0.05, 0) is 76.2 Å². The molecule has 1 aromatic carbocycles. The van der Waals surface area contributed by atoms with E-state index in [1.165, 1.54) is 36.0 Å². The minimum Gasteiger partial charge on any atom is -0.413 e. The van der Waals surface area contributed by atoms with Crippen LogP contribution in [0.25, 0.3) is 0 Å². The molecule has 2 N–H and O–H groups in total. The molecular formula is C33H43F2N3O4SSi. The van der Waals surface area contributed by atoms with E-state index in [2.05, 4.69) is 56.8 Å². The van der Waals surface area contributed by atoms with Gasteiger partial charge in [-0.2, -0.15) is 0 Å². The van der Waals surface area contributed by atoms with Crippen LogP contribution >= 0.6 is 11.3 Å². The number of benzene rings is 1. The van der Waals surface area contributed by atoms with Crippen molar-refractivity contribution in [1.29, 1.82) is 0 Å². The molecule has 44 heavy (non-hydrogen) atoms. The average Bonchev–Trinajstić information content (AvgIpc) is 3.62. The average molecular weight is 644 g/mol. The first-order valence-electron chi connectivity index (χ1n) is 15.5. The summed E-state index contributed by atoms with van der Waals surface area (Å²) < 4.78 is 41.0. The number of ketones is 1. The Balaban J connectivity index is 1.34. The number of halogens is 2. The number of nitrogens with zero attached hydrogens (tertiary/aromatic N) is 2. The molecule has 1 aliphatic heterocycles. The van der Waals surface area contributed by atoms with Crippen molar-refractivity contribution in [2.24, 2.45) is 5.92 Å². The number of fused-ring (bicyclic) bond motifs is 1. The first-order chi connectivity index (χ1) is 21.0. The Bertz CT molecular complexity index is 1460. The van der Waals surface area contributed by atoms with Gasteiger partial charge in [0.15, 0.2) is 11.6 Å². The summed E-state index contributed by atoms with van der Waals surface area (Å²) in [4.78, 5) is 22.8. The zero-order valence-electron chi connectivity index (χ0n) is 26.3. The third-order valence-corrected chi connectivity index (χ3v) is 16.6. The maximum Gasteiger partial charge on any atom is 0.208 e. The number of thiophene rings is 1. The summed E-state index contributed by atoms with van der Waals surface area (Å²) >= 11 is 1.27. The van der Waals surface area contributed by atoms with Gasteiger partial charge in [-0.25, -0.2) is 18.7 Å². The van der Waals surface area contributed by atoms with Crippen molar-refractivity contribution < 1.29 is 27.8 Å². The van der Waals surface area contributed by atoms with E-state index in [1.54, 1.807) is 6.07 Å². The van der Waals surface area contributed by atoms with Gasteiger partial charge in [-0.3, -0.25) is 4.79 Å². The summed E-state index contributed by atoms with van der Waals surface area (Å²) in [5, 5.41) is 15.6. The van der Waals surface area contributed by atoms with Gasteiger partial charge in [-0.1, -0.05) is 41.5 Å². The van der Waals surface area contributed by atoms with Crippen LogP contribution in [-0.4, -0.2) is 54.5 Å². The fourth-order valence-corrected chi connectivity index (χ4v) is 14.0. The number of aromatic nitrogens is 2. The van der Waals surface area contributed by atoms with Crippen molar-refractivity contribution in [2.75, 3.05) is 18.5 Å². The number of carbonyl (C=O) groups excluding carboxylic acids is 1. The highest BCUT2D eigenvalue weighted by atomic mass is 32.1. The topological polar surface area (TPSA) is 93.6 Å². The van der Waals surface area contributed by atoms with E-state index in [-0.39, 0.29) is 30.5 Å². The maximum absolute atomic E-state index is 14.1.